The van der Waals surface area contributed by atoms with Crippen molar-refractivity contribution in [2.45, 2.75) is 47.5 Å². The van der Waals surface area contributed by atoms with E-state index in [0.717, 1.165) is 22.4 Å². The highest BCUT2D eigenvalue weighted by Crippen LogP contribution is 2.33. The molecule has 0 aliphatic rings. The summed E-state index contributed by atoms with van der Waals surface area (Å²) in [5.74, 6) is 2.28. The topological polar surface area (TPSA) is 35.0 Å². The molecule has 0 saturated carbocycles. The zero-order chi connectivity index (χ0) is 15.7. The minimum atomic E-state index is 0.199. The van der Waals surface area contributed by atoms with E-state index in [4.69, 9.17) is 16.3 Å². The molecule has 0 aliphatic carbocycles. The average molecular weight is 305 g/mol. The Balaban J connectivity index is 2.52. The first-order valence-electron chi connectivity index (χ1n) is 7.10. The molecule has 0 radical (unpaired) electrons. The second kappa shape index (κ2) is 6.02. The van der Waals surface area contributed by atoms with E-state index in [0.29, 0.717) is 16.9 Å². The second-order valence-corrected chi connectivity index (χ2v) is 6.07. The molecule has 0 N–H and O–H groups in total. The molecular weight excluding hydrogens is 284 g/mol. The fourth-order valence-corrected chi connectivity index (χ4v) is 2.19. The molecule has 0 aliphatic heterocycles. The lowest BCUT2D eigenvalue weighted by molar-refractivity contribution is 0.445. The molecule has 3 nitrogen and oxygen atoms in total. The molecule has 1 aromatic carbocycles. The third kappa shape index (κ3) is 3.18. The molecule has 2 rings (SSSR count). The summed E-state index contributed by atoms with van der Waals surface area (Å²) in [6.45, 7) is 12.1. The Hall–Kier alpha value is -1.61. The monoisotopic (exact) mass is 304 g/mol. The molecule has 112 valence electrons. The molecule has 2 aromatic rings. The van der Waals surface area contributed by atoms with Gasteiger partial charge in [0.05, 0.1) is 0 Å². The lowest BCUT2D eigenvalue weighted by Gasteiger charge is -2.16. The lowest BCUT2D eigenvalue weighted by Crippen LogP contribution is -2.04. The quantitative estimate of drug-likeness (QED) is 0.724. The van der Waals surface area contributed by atoms with Gasteiger partial charge in [0.15, 0.2) is 0 Å². The van der Waals surface area contributed by atoms with Crippen LogP contribution in [0.2, 0.25) is 5.15 Å². The number of hydrogen-bond donors (Lipinski definition) is 0. The first-order valence-corrected chi connectivity index (χ1v) is 7.47. The minimum absolute atomic E-state index is 0.199. The van der Waals surface area contributed by atoms with Crippen molar-refractivity contribution >= 4 is 11.6 Å². The maximum Gasteiger partial charge on any atom is 0.227 e. The summed E-state index contributed by atoms with van der Waals surface area (Å²) in [4.78, 5) is 8.83. The van der Waals surface area contributed by atoms with Gasteiger partial charge in [0, 0.05) is 11.5 Å². The van der Waals surface area contributed by atoms with Crippen molar-refractivity contribution in [3.63, 3.8) is 0 Å². The Morgan fingerprint density at radius 2 is 1.57 bits per heavy atom. The summed E-state index contributed by atoms with van der Waals surface area (Å²) in [5, 5.41) is 0.451. The molecule has 1 heterocycles. The fraction of sp³-hybridized carbons (Fsp3) is 0.412. The van der Waals surface area contributed by atoms with Gasteiger partial charge in [0.2, 0.25) is 5.88 Å². The SMILES string of the molecule is Cc1ccc(C)c(Oc2nc(C(C)C)nc(Cl)c2C)c1C. The fourth-order valence-electron chi connectivity index (χ4n) is 2.02. The lowest BCUT2D eigenvalue weighted by atomic mass is 10.1. The van der Waals surface area contributed by atoms with Crippen molar-refractivity contribution in [1.29, 1.82) is 0 Å². The predicted octanol–water partition coefficient (Wildman–Crippen LogP) is 5.28. The van der Waals surface area contributed by atoms with Crippen LogP contribution in [0.4, 0.5) is 0 Å². The molecule has 0 fully saturated rings. The Morgan fingerprint density at radius 3 is 2.19 bits per heavy atom. The molecule has 21 heavy (non-hydrogen) atoms. The number of ether oxygens (including phenoxy) is 1. The Labute approximate surface area is 131 Å². The summed E-state index contributed by atoms with van der Waals surface area (Å²) in [5.41, 5.74) is 4.16. The molecule has 0 spiro atoms. The van der Waals surface area contributed by atoms with Gasteiger partial charge in [-0.05, 0) is 44.4 Å². The van der Waals surface area contributed by atoms with Crippen LogP contribution in [0, 0.1) is 27.7 Å². The zero-order valence-electron chi connectivity index (χ0n) is 13.4. The van der Waals surface area contributed by atoms with Crippen molar-refractivity contribution in [2.75, 3.05) is 0 Å². The predicted molar refractivity (Wildman–Crippen MR) is 86.6 cm³/mol. The van der Waals surface area contributed by atoms with Crippen LogP contribution in [0.3, 0.4) is 0 Å². The molecule has 0 amide bonds. The molecular formula is C17H21ClN2O. The molecule has 0 saturated heterocycles. The first kappa shape index (κ1) is 15.8. The summed E-state index contributed by atoms with van der Waals surface area (Å²) in [6, 6.07) is 4.15. The number of rotatable bonds is 3. The molecule has 1 aromatic heterocycles. The van der Waals surface area contributed by atoms with E-state index in [2.05, 4.69) is 35.9 Å². The van der Waals surface area contributed by atoms with Gasteiger partial charge in [-0.1, -0.05) is 37.6 Å². The largest absolute Gasteiger partial charge is 0.438 e. The van der Waals surface area contributed by atoms with Crippen LogP contribution in [0.5, 0.6) is 11.6 Å². The summed E-state index contributed by atoms with van der Waals surface area (Å²) in [6.07, 6.45) is 0. The van der Waals surface area contributed by atoms with Crippen LogP contribution in [0.1, 0.15) is 47.8 Å². The van der Waals surface area contributed by atoms with Crippen LogP contribution in [0.15, 0.2) is 12.1 Å². The van der Waals surface area contributed by atoms with Crippen LogP contribution >= 0.6 is 11.6 Å². The van der Waals surface area contributed by atoms with Crippen LogP contribution < -0.4 is 4.74 Å². The van der Waals surface area contributed by atoms with Gasteiger partial charge in [-0.2, -0.15) is 4.98 Å². The van der Waals surface area contributed by atoms with Gasteiger partial charge < -0.3 is 4.74 Å². The van der Waals surface area contributed by atoms with Crippen molar-refractivity contribution in [1.82, 2.24) is 9.97 Å². The second-order valence-electron chi connectivity index (χ2n) is 5.71. The summed E-state index contributed by atoms with van der Waals surface area (Å²) in [7, 11) is 0. The highest BCUT2D eigenvalue weighted by molar-refractivity contribution is 6.30. The normalized spacial score (nSPS) is 11.0. The van der Waals surface area contributed by atoms with Crippen molar-refractivity contribution in [3.8, 4) is 11.6 Å². The van der Waals surface area contributed by atoms with Crippen LogP contribution in [-0.2, 0) is 0 Å². The van der Waals surface area contributed by atoms with Crippen molar-refractivity contribution < 1.29 is 4.74 Å². The smallest absolute Gasteiger partial charge is 0.227 e. The highest BCUT2D eigenvalue weighted by atomic mass is 35.5. The molecule has 0 unspecified atom stereocenters. The van der Waals surface area contributed by atoms with E-state index in [9.17, 15) is 0 Å². The maximum atomic E-state index is 6.21. The Kier molecular flexibility index (Phi) is 4.52. The van der Waals surface area contributed by atoms with E-state index in [1.807, 2.05) is 27.7 Å². The number of halogens is 1. The zero-order valence-corrected chi connectivity index (χ0v) is 14.2. The van der Waals surface area contributed by atoms with Crippen molar-refractivity contribution in [3.05, 3.63) is 45.4 Å². The number of benzene rings is 1. The van der Waals surface area contributed by atoms with Gasteiger partial charge in [-0.3, -0.25) is 0 Å². The van der Waals surface area contributed by atoms with E-state index in [1.54, 1.807) is 0 Å². The third-order valence-electron chi connectivity index (χ3n) is 3.65. The van der Waals surface area contributed by atoms with E-state index in [-0.39, 0.29) is 5.92 Å². The van der Waals surface area contributed by atoms with E-state index >= 15 is 0 Å². The van der Waals surface area contributed by atoms with Crippen molar-refractivity contribution in [2.24, 2.45) is 0 Å². The Morgan fingerprint density at radius 1 is 0.952 bits per heavy atom. The first-order chi connectivity index (χ1) is 9.81. The number of hydrogen-bond acceptors (Lipinski definition) is 3. The van der Waals surface area contributed by atoms with Gasteiger partial charge in [-0.25, -0.2) is 4.98 Å². The number of nitrogens with zero attached hydrogens (tertiary/aromatic N) is 2. The molecule has 0 atom stereocenters. The molecule has 4 heteroatoms. The van der Waals surface area contributed by atoms with Crippen LogP contribution in [-0.4, -0.2) is 9.97 Å². The van der Waals surface area contributed by atoms with Gasteiger partial charge in [0.25, 0.3) is 0 Å². The van der Waals surface area contributed by atoms with Gasteiger partial charge >= 0.3 is 0 Å². The van der Waals surface area contributed by atoms with E-state index < -0.39 is 0 Å². The summed E-state index contributed by atoms with van der Waals surface area (Å²) < 4.78 is 6.09. The van der Waals surface area contributed by atoms with Gasteiger partial charge in [0.1, 0.15) is 16.7 Å². The van der Waals surface area contributed by atoms with Gasteiger partial charge in [-0.15, -0.1) is 0 Å². The Bertz CT molecular complexity index is 681. The van der Waals surface area contributed by atoms with E-state index in [1.165, 1.54) is 5.56 Å². The molecule has 0 bridgehead atoms. The van der Waals surface area contributed by atoms with Crippen LogP contribution in [0.25, 0.3) is 0 Å². The third-order valence-corrected chi connectivity index (χ3v) is 4.02. The number of aromatic nitrogens is 2. The summed E-state index contributed by atoms with van der Waals surface area (Å²) >= 11 is 6.21. The standard InChI is InChI=1S/C17H21ClN2O/c1-9(2)16-19-15(18)13(6)17(20-16)21-14-11(4)8-7-10(3)12(14)5/h7-9H,1-6H3. The average Bonchev–Trinajstić information content (AvgIpc) is 2.43. The number of aryl methyl sites for hydroxylation is 2. The maximum absolute atomic E-state index is 6.21. The highest BCUT2D eigenvalue weighted by Gasteiger charge is 2.16. The minimum Gasteiger partial charge on any atom is -0.438 e.